The van der Waals surface area contributed by atoms with Gasteiger partial charge < -0.3 is 14.8 Å². The molecule has 0 unspecified atom stereocenters. The molecule has 1 amide bonds. The van der Waals surface area contributed by atoms with Crippen molar-refractivity contribution in [3.05, 3.63) is 39.9 Å². The largest absolute Gasteiger partial charge is 0.469 e. The maximum absolute atomic E-state index is 12.0. The van der Waals surface area contributed by atoms with Crippen molar-refractivity contribution < 1.29 is 28.8 Å². The molecule has 1 aromatic carbocycles. The van der Waals surface area contributed by atoms with Crippen LogP contribution < -0.4 is 5.32 Å². The molecule has 0 aromatic heterocycles. The molecule has 0 heterocycles. The SMILES string of the molecule is COC(=O)C[C@H](c1ccc([N+](=O)[O-])cc1)[C@H](NC(C)=O)C(=O)OC. The molecule has 9 heteroatoms. The molecule has 1 N–H and O–H groups in total. The number of benzene rings is 1. The first-order chi connectivity index (χ1) is 11.3. The van der Waals surface area contributed by atoms with Crippen LogP contribution in [0.1, 0.15) is 24.8 Å². The Labute approximate surface area is 138 Å². The Bertz CT molecular complexity index is 627. The number of ether oxygens (including phenoxy) is 2. The zero-order valence-corrected chi connectivity index (χ0v) is 13.5. The lowest BCUT2D eigenvalue weighted by Crippen LogP contribution is -2.45. The minimum Gasteiger partial charge on any atom is -0.469 e. The number of amides is 1. The number of nitrogens with one attached hydrogen (secondary N) is 1. The molecule has 0 bridgehead atoms. The van der Waals surface area contributed by atoms with E-state index in [1.165, 1.54) is 38.3 Å². The minimum absolute atomic E-state index is 0.135. The van der Waals surface area contributed by atoms with Crippen molar-refractivity contribution in [3.8, 4) is 0 Å². The maximum Gasteiger partial charge on any atom is 0.329 e. The third kappa shape index (κ3) is 5.04. The average molecular weight is 338 g/mol. The van der Waals surface area contributed by atoms with Gasteiger partial charge in [0.05, 0.1) is 25.6 Å². The molecule has 2 atom stereocenters. The van der Waals surface area contributed by atoms with Crippen molar-refractivity contribution in [2.24, 2.45) is 0 Å². The van der Waals surface area contributed by atoms with Gasteiger partial charge in [0.2, 0.25) is 5.91 Å². The van der Waals surface area contributed by atoms with Crippen molar-refractivity contribution in [1.82, 2.24) is 5.32 Å². The summed E-state index contributed by atoms with van der Waals surface area (Å²) in [5.74, 6) is -2.62. The molecular formula is C15H18N2O7. The fraction of sp³-hybridized carbons (Fsp3) is 0.400. The van der Waals surface area contributed by atoms with Gasteiger partial charge in [-0.05, 0) is 5.56 Å². The van der Waals surface area contributed by atoms with Crippen LogP contribution in [0.3, 0.4) is 0 Å². The number of methoxy groups -OCH3 is 2. The van der Waals surface area contributed by atoms with E-state index in [0.29, 0.717) is 5.56 Å². The number of nitro benzene ring substituents is 1. The summed E-state index contributed by atoms with van der Waals surface area (Å²) in [7, 11) is 2.35. The third-order valence-corrected chi connectivity index (χ3v) is 3.36. The molecule has 0 radical (unpaired) electrons. The third-order valence-electron chi connectivity index (χ3n) is 3.36. The van der Waals surface area contributed by atoms with Crippen LogP contribution in [-0.4, -0.2) is 43.0 Å². The van der Waals surface area contributed by atoms with Gasteiger partial charge in [-0.2, -0.15) is 0 Å². The number of carbonyl (C=O) groups excluding carboxylic acids is 3. The Kier molecular flexibility index (Phi) is 6.84. The number of carbonyl (C=O) groups is 3. The normalized spacial score (nSPS) is 12.6. The number of rotatable bonds is 7. The topological polar surface area (TPSA) is 125 Å². The van der Waals surface area contributed by atoms with Crippen molar-refractivity contribution in [1.29, 1.82) is 0 Å². The molecule has 9 nitrogen and oxygen atoms in total. The second-order valence-corrected chi connectivity index (χ2v) is 4.94. The number of non-ortho nitro benzene ring substituents is 1. The summed E-state index contributed by atoms with van der Waals surface area (Å²) in [6.45, 7) is 1.22. The van der Waals surface area contributed by atoms with Crippen molar-refractivity contribution >= 4 is 23.5 Å². The second-order valence-electron chi connectivity index (χ2n) is 4.94. The van der Waals surface area contributed by atoms with Crippen LogP contribution in [0.15, 0.2) is 24.3 Å². The zero-order chi connectivity index (χ0) is 18.3. The van der Waals surface area contributed by atoms with Gasteiger partial charge in [-0.1, -0.05) is 12.1 Å². The van der Waals surface area contributed by atoms with Gasteiger partial charge in [0, 0.05) is 25.0 Å². The lowest BCUT2D eigenvalue weighted by atomic mass is 9.88. The van der Waals surface area contributed by atoms with Crippen molar-refractivity contribution in [2.75, 3.05) is 14.2 Å². The van der Waals surface area contributed by atoms with Crippen LogP contribution in [0, 0.1) is 10.1 Å². The summed E-state index contributed by atoms with van der Waals surface area (Å²) >= 11 is 0. The predicted octanol–water partition coefficient (Wildman–Crippen LogP) is 0.919. The van der Waals surface area contributed by atoms with Crippen molar-refractivity contribution in [3.63, 3.8) is 0 Å². The summed E-state index contributed by atoms with van der Waals surface area (Å²) in [4.78, 5) is 45.2. The van der Waals surface area contributed by atoms with E-state index in [0.717, 1.165) is 7.11 Å². The van der Waals surface area contributed by atoms with Crippen LogP contribution in [0.5, 0.6) is 0 Å². The van der Waals surface area contributed by atoms with E-state index >= 15 is 0 Å². The highest BCUT2D eigenvalue weighted by Crippen LogP contribution is 2.27. The van der Waals surface area contributed by atoms with E-state index < -0.39 is 34.7 Å². The van der Waals surface area contributed by atoms with E-state index in [4.69, 9.17) is 0 Å². The van der Waals surface area contributed by atoms with Crippen LogP contribution in [0.4, 0.5) is 5.69 Å². The summed E-state index contributed by atoms with van der Waals surface area (Å²) in [5.41, 5.74) is 0.319. The molecular weight excluding hydrogens is 320 g/mol. The summed E-state index contributed by atoms with van der Waals surface area (Å²) < 4.78 is 9.30. The molecule has 1 rings (SSSR count). The Morgan fingerprint density at radius 3 is 2.17 bits per heavy atom. The highest BCUT2D eigenvalue weighted by atomic mass is 16.6. The minimum atomic E-state index is -1.13. The van der Waals surface area contributed by atoms with Gasteiger partial charge in [-0.15, -0.1) is 0 Å². The Balaban J connectivity index is 3.25. The van der Waals surface area contributed by atoms with Crippen LogP contribution in [-0.2, 0) is 23.9 Å². The van der Waals surface area contributed by atoms with Crippen molar-refractivity contribution in [2.45, 2.75) is 25.3 Å². The number of esters is 2. The molecule has 0 saturated heterocycles. The highest BCUT2D eigenvalue weighted by Gasteiger charge is 2.33. The molecule has 0 aliphatic heterocycles. The molecule has 24 heavy (non-hydrogen) atoms. The standard InChI is InChI=1S/C15H18N2O7/c1-9(18)16-14(15(20)24-3)12(8-13(19)23-2)10-4-6-11(7-5-10)17(21)22/h4-7,12,14H,8H2,1-3H3,(H,16,18)/t12-,14+/m1/s1. The van der Waals surface area contributed by atoms with Crippen LogP contribution in [0.25, 0.3) is 0 Å². The zero-order valence-electron chi connectivity index (χ0n) is 13.5. The number of nitrogens with zero attached hydrogens (tertiary/aromatic N) is 1. The van der Waals surface area contributed by atoms with E-state index in [2.05, 4.69) is 14.8 Å². The van der Waals surface area contributed by atoms with E-state index in [1.807, 2.05) is 0 Å². The summed E-state index contributed by atoms with van der Waals surface area (Å²) in [6, 6.07) is 4.21. The van der Waals surface area contributed by atoms with Crippen LogP contribution in [0.2, 0.25) is 0 Å². The molecule has 0 saturated carbocycles. The van der Waals surface area contributed by atoms with E-state index in [-0.39, 0.29) is 12.1 Å². The average Bonchev–Trinajstić information content (AvgIpc) is 2.56. The van der Waals surface area contributed by atoms with Crippen LogP contribution >= 0.6 is 0 Å². The highest BCUT2D eigenvalue weighted by molar-refractivity contribution is 5.85. The lowest BCUT2D eigenvalue weighted by molar-refractivity contribution is -0.384. The summed E-state index contributed by atoms with van der Waals surface area (Å²) in [6.07, 6.45) is -0.214. The second kappa shape index (κ2) is 8.61. The molecule has 0 spiro atoms. The number of hydrogen-bond acceptors (Lipinski definition) is 7. The lowest BCUT2D eigenvalue weighted by Gasteiger charge is -2.25. The fourth-order valence-corrected chi connectivity index (χ4v) is 2.20. The van der Waals surface area contributed by atoms with Gasteiger partial charge >= 0.3 is 11.9 Å². The molecule has 0 fully saturated rings. The van der Waals surface area contributed by atoms with Gasteiger partial charge in [0.25, 0.3) is 5.69 Å². The predicted molar refractivity (Wildman–Crippen MR) is 82.1 cm³/mol. The summed E-state index contributed by atoms with van der Waals surface area (Å²) in [5, 5.41) is 13.2. The Morgan fingerprint density at radius 2 is 1.75 bits per heavy atom. The smallest absolute Gasteiger partial charge is 0.329 e. The monoisotopic (exact) mass is 338 g/mol. The quantitative estimate of drug-likeness (QED) is 0.445. The first-order valence-electron chi connectivity index (χ1n) is 6.96. The Morgan fingerprint density at radius 1 is 1.17 bits per heavy atom. The van der Waals surface area contributed by atoms with E-state index in [1.54, 1.807) is 0 Å². The molecule has 0 aliphatic carbocycles. The van der Waals surface area contributed by atoms with E-state index in [9.17, 15) is 24.5 Å². The molecule has 130 valence electrons. The fourth-order valence-electron chi connectivity index (χ4n) is 2.20. The Hall–Kier alpha value is -2.97. The number of hydrogen-bond donors (Lipinski definition) is 1. The van der Waals surface area contributed by atoms with Gasteiger partial charge in [-0.25, -0.2) is 4.79 Å². The first-order valence-corrected chi connectivity index (χ1v) is 6.96. The van der Waals surface area contributed by atoms with Gasteiger partial charge in [-0.3, -0.25) is 19.7 Å². The maximum atomic E-state index is 12.0. The van der Waals surface area contributed by atoms with Gasteiger partial charge in [0.15, 0.2) is 0 Å². The first kappa shape index (κ1) is 19.1. The molecule has 0 aliphatic rings. The number of nitro groups is 1. The molecule has 1 aromatic rings. The van der Waals surface area contributed by atoms with Gasteiger partial charge in [0.1, 0.15) is 6.04 Å².